The summed E-state index contributed by atoms with van der Waals surface area (Å²) < 4.78 is 13.1. The minimum Gasteiger partial charge on any atom is -0.385 e. The van der Waals surface area contributed by atoms with Crippen molar-refractivity contribution >= 4 is 5.91 Å². The molecule has 2 aliphatic rings. The summed E-state index contributed by atoms with van der Waals surface area (Å²) in [6, 6.07) is 9.40. The Morgan fingerprint density at radius 1 is 1.17 bits per heavy atom. The van der Waals surface area contributed by atoms with Crippen LogP contribution in [0.15, 0.2) is 48.8 Å². The average Bonchev–Trinajstić information content (AvgIpc) is 2.88. The lowest BCUT2D eigenvalue weighted by atomic mass is 9.81. The van der Waals surface area contributed by atoms with Gasteiger partial charge in [-0.3, -0.25) is 9.78 Å². The SMILES string of the molecule is O=C(c1ccc(F)cc1)N1C2CCC1CC(O)(c1cccnc1)C2. The van der Waals surface area contributed by atoms with Gasteiger partial charge >= 0.3 is 0 Å². The van der Waals surface area contributed by atoms with Gasteiger partial charge in [-0.25, -0.2) is 4.39 Å². The van der Waals surface area contributed by atoms with Crippen molar-refractivity contribution < 1.29 is 14.3 Å². The fourth-order valence-electron chi connectivity index (χ4n) is 4.17. The minimum atomic E-state index is -0.931. The molecule has 0 radical (unpaired) electrons. The first kappa shape index (κ1) is 15.3. The molecule has 4 rings (SSSR count). The number of rotatable bonds is 2. The molecule has 2 aromatic rings. The van der Waals surface area contributed by atoms with Crippen molar-refractivity contribution in [2.75, 3.05) is 0 Å². The zero-order valence-corrected chi connectivity index (χ0v) is 13.2. The Morgan fingerprint density at radius 3 is 2.42 bits per heavy atom. The zero-order valence-electron chi connectivity index (χ0n) is 13.2. The summed E-state index contributed by atoms with van der Waals surface area (Å²) in [4.78, 5) is 18.8. The molecule has 0 spiro atoms. The second kappa shape index (κ2) is 5.67. The third-order valence-electron chi connectivity index (χ3n) is 5.29. The van der Waals surface area contributed by atoms with Crippen LogP contribution in [-0.4, -0.2) is 33.0 Å². The highest BCUT2D eigenvalue weighted by atomic mass is 19.1. The van der Waals surface area contributed by atoms with Gasteiger partial charge in [0.05, 0.1) is 5.60 Å². The van der Waals surface area contributed by atoms with E-state index in [1.807, 2.05) is 17.0 Å². The lowest BCUT2D eigenvalue weighted by molar-refractivity contribution is -0.0481. The Labute approximate surface area is 139 Å². The number of aromatic nitrogens is 1. The van der Waals surface area contributed by atoms with Crippen molar-refractivity contribution in [1.29, 1.82) is 0 Å². The van der Waals surface area contributed by atoms with Crippen LogP contribution in [0.5, 0.6) is 0 Å². The predicted octanol–water partition coefficient (Wildman–Crippen LogP) is 2.88. The number of aliphatic hydroxyl groups is 1. The summed E-state index contributed by atoms with van der Waals surface area (Å²) in [7, 11) is 0. The highest BCUT2D eigenvalue weighted by Gasteiger charge is 2.50. The first-order valence-electron chi connectivity index (χ1n) is 8.28. The molecule has 1 aromatic carbocycles. The lowest BCUT2D eigenvalue weighted by Crippen LogP contribution is -2.52. The minimum absolute atomic E-state index is 0.00603. The number of carbonyl (C=O) groups is 1. The molecule has 124 valence electrons. The van der Waals surface area contributed by atoms with Crippen LogP contribution in [0.4, 0.5) is 4.39 Å². The van der Waals surface area contributed by atoms with Crippen LogP contribution in [0.3, 0.4) is 0 Å². The molecule has 0 saturated carbocycles. The van der Waals surface area contributed by atoms with Gasteiger partial charge in [-0.1, -0.05) is 6.07 Å². The highest BCUT2D eigenvalue weighted by molar-refractivity contribution is 5.95. The molecule has 1 N–H and O–H groups in total. The lowest BCUT2D eigenvalue weighted by Gasteiger charge is -2.44. The van der Waals surface area contributed by atoms with Gasteiger partial charge in [0.25, 0.3) is 5.91 Å². The topological polar surface area (TPSA) is 53.4 Å². The Balaban J connectivity index is 1.59. The van der Waals surface area contributed by atoms with Gasteiger partial charge in [-0.15, -0.1) is 0 Å². The second-order valence-corrected chi connectivity index (χ2v) is 6.79. The van der Waals surface area contributed by atoms with E-state index < -0.39 is 5.60 Å². The van der Waals surface area contributed by atoms with E-state index in [-0.39, 0.29) is 23.8 Å². The number of pyridine rings is 1. The van der Waals surface area contributed by atoms with E-state index in [1.54, 1.807) is 12.4 Å². The molecule has 1 aromatic heterocycles. The van der Waals surface area contributed by atoms with Crippen molar-refractivity contribution in [3.05, 3.63) is 65.7 Å². The quantitative estimate of drug-likeness (QED) is 0.923. The van der Waals surface area contributed by atoms with Crippen molar-refractivity contribution in [1.82, 2.24) is 9.88 Å². The molecular formula is C19H19FN2O2. The fraction of sp³-hybridized carbons (Fsp3) is 0.368. The maximum atomic E-state index is 13.1. The van der Waals surface area contributed by atoms with E-state index in [0.717, 1.165) is 18.4 Å². The summed E-state index contributed by atoms with van der Waals surface area (Å²) >= 11 is 0. The normalized spacial score (nSPS) is 28.8. The van der Waals surface area contributed by atoms with E-state index in [1.165, 1.54) is 24.3 Å². The average molecular weight is 326 g/mol. The van der Waals surface area contributed by atoms with Gasteiger partial charge in [-0.05, 0) is 43.2 Å². The van der Waals surface area contributed by atoms with Gasteiger partial charge in [0.2, 0.25) is 0 Å². The Hall–Kier alpha value is -2.27. The molecule has 5 heteroatoms. The number of fused-ring (bicyclic) bond motifs is 2. The Morgan fingerprint density at radius 2 is 1.83 bits per heavy atom. The molecule has 3 heterocycles. The second-order valence-electron chi connectivity index (χ2n) is 6.79. The van der Waals surface area contributed by atoms with Gasteiger partial charge in [0, 0.05) is 48.4 Å². The monoisotopic (exact) mass is 326 g/mol. The Kier molecular flexibility index (Phi) is 3.61. The Bertz CT molecular complexity index is 734. The van der Waals surface area contributed by atoms with Gasteiger partial charge < -0.3 is 10.0 Å². The number of benzene rings is 1. The third-order valence-corrected chi connectivity index (χ3v) is 5.29. The maximum absolute atomic E-state index is 13.1. The summed E-state index contributed by atoms with van der Waals surface area (Å²) in [6.07, 6.45) is 6.20. The molecular weight excluding hydrogens is 307 g/mol. The van der Waals surface area contributed by atoms with Crippen molar-refractivity contribution in [2.24, 2.45) is 0 Å². The summed E-state index contributed by atoms with van der Waals surface area (Å²) in [6.45, 7) is 0. The molecule has 2 atom stereocenters. The number of nitrogens with zero attached hydrogens (tertiary/aromatic N) is 2. The zero-order chi connectivity index (χ0) is 16.7. The standard InChI is InChI=1S/C19H19FN2O2/c20-15-5-3-13(4-6-15)18(23)22-16-7-8-17(22)11-19(24,10-16)14-2-1-9-21-12-14/h1-6,9,12,16-17,24H,7-8,10-11H2. The van der Waals surface area contributed by atoms with Crippen LogP contribution in [0.25, 0.3) is 0 Å². The van der Waals surface area contributed by atoms with Crippen LogP contribution in [0.2, 0.25) is 0 Å². The molecule has 2 fully saturated rings. The van der Waals surface area contributed by atoms with Crippen molar-refractivity contribution in [2.45, 2.75) is 43.4 Å². The van der Waals surface area contributed by atoms with Gasteiger partial charge in [0.15, 0.2) is 0 Å². The number of halogens is 1. The van der Waals surface area contributed by atoms with Crippen LogP contribution < -0.4 is 0 Å². The maximum Gasteiger partial charge on any atom is 0.254 e. The van der Waals surface area contributed by atoms with Crippen molar-refractivity contribution in [3.8, 4) is 0 Å². The van der Waals surface area contributed by atoms with Crippen LogP contribution in [-0.2, 0) is 5.60 Å². The van der Waals surface area contributed by atoms with E-state index in [9.17, 15) is 14.3 Å². The first-order chi connectivity index (χ1) is 11.6. The first-order valence-corrected chi connectivity index (χ1v) is 8.28. The third kappa shape index (κ3) is 2.49. The summed E-state index contributed by atoms with van der Waals surface area (Å²) in [5.74, 6) is -0.421. The van der Waals surface area contributed by atoms with Crippen LogP contribution >= 0.6 is 0 Å². The van der Waals surface area contributed by atoms with E-state index in [0.29, 0.717) is 18.4 Å². The molecule has 2 saturated heterocycles. The highest BCUT2D eigenvalue weighted by Crippen LogP contribution is 2.46. The molecule has 2 bridgehead atoms. The molecule has 4 nitrogen and oxygen atoms in total. The number of hydrogen-bond acceptors (Lipinski definition) is 3. The van der Waals surface area contributed by atoms with E-state index >= 15 is 0 Å². The number of amides is 1. The fourth-order valence-corrected chi connectivity index (χ4v) is 4.17. The van der Waals surface area contributed by atoms with Crippen molar-refractivity contribution in [3.63, 3.8) is 0 Å². The largest absolute Gasteiger partial charge is 0.385 e. The molecule has 2 aliphatic heterocycles. The van der Waals surface area contributed by atoms with Crippen LogP contribution in [0, 0.1) is 5.82 Å². The smallest absolute Gasteiger partial charge is 0.254 e. The van der Waals surface area contributed by atoms with Gasteiger partial charge in [-0.2, -0.15) is 0 Å². The van der Waals surface area contributed by atoms with Crippen LogP contribution in [0.1, 0.15) is 41.6 Å². The molecule has 1 amide bonds. The van der Waals surface area contributed by atoms with Gasteiger partial charge in [0.1, 0.15) is 5.82 Å². The summed E-state index contributed by atoms with van der Waals surface area (Å²) in [5, 5.41) is 11.1. The predicted molar refractivity (Wildman–Crippen MR) is 86.7 cm³/mol. The van der Waals surface area contributed by atoms with E-state index in [4.69, 9.17) is 0 Å². The number of carbonyl (C=O) groups excluding carboxylic acids is 1. The molecule has 0 aliphatic carbocycles. The van der Waals surface area contributed by atoms with E-state index in [2.05, 4.69) is 4.98 Å². The molecule has 2 unspecified atom stereocenters. The number of piperidine rings is 1. The number of hydrogen-bond donors (Lipinski definition) is 1. The summed E-state index contributed by atoms with van der Waals surface area (Å²) in [5.41, 5.74) is 0.385. The molecule has 24 heavy (non-hydrogen) atoms.